The van der Waals surface area contributed by atoms with Gasteiger partial charge in [0, 0.05) is 27.3 Å². The highest BCUT2D eigenvalue weighted by atomic mass is 31.2. The maximum absolute atomic E-state index is 14.6. The second-order valence-corrected chi connectivity index (χ2v) is 11.6. The quantitative estimate of drug-likeness (QED) is 0.507. The fourth-order valence-corrected chi connectivity index (χ4v) is 6.61. The van der Waals surface area contributed by atoms with E-state index in [1.54, 1.807) is 48.5 Å². The molecule has 3 rings (SSSR count). The molecular weight excluding hydrogens is 419 g/mol. The van der Waals surface area contributed by atoms with Gasteiger partial charge >= 0.3 is 0 Å². The lowest BCUT2D eigenvalue weighted by Crippen LogP contribution is -2.25. The highest BCUT2D eigenvalue weighted by Crippen LogP contribution is 2.49. The summed E-state index contributed by atoms with van der Waals surface area (Å²) in [6.07, 6.45) is 0. The lowest BCUT2D eigenvalue weighted by Gasteiger charge is -2.28. The van der Waals surface area contributed by atoms with Crippen molar-refractivity contribution in [3.63, 3.8) is 0 Å². The molecule has 3 aromatic rings. The fraction of sp³-hybridized carbons (Fsp3) is 0.296. The standard InChI is InChI=1S/C27H31O4P/c1-19-18-23(27(3,4)5)25(31-17-16-28)20(2)24(19)26(29)32(30,21-12-8-6-9-13-21)22-14-10-7-11-15-22/h6-15,18,28H,16-17H2,1-5H3. The predicted octanol–water partition coefficient (Wildman–Crippen LogP) is 5.13. The minimum atomic E-state index is -3.64. The van der Waals surface area contributed by atoms with E-state index in [9.17, 15) is 14.5 Å². The molecule has 0 aliphatic heterocycles. The first-order valence-corrected chi connectivity index (χ1v) is 12.5. The summed E-state index contributed by atoms with van der Waals surface area (Å²) in [4.78, 5) is 14.1. The topological polar surface area (TPSA) is 63.6 Å². The second kappa shape index (κ2) is 9.44. The van der Waals surface area contributed by atoms with Crippen LogP contribution in [0.25, 0.3) is 0 Å². The van der Waals surface area contributed by atoms with E-state index < -0.39 is 12.7 Å². The number of carbonyl (C=O) groups excluding carboxylic acids is 1. The Labute approximate surface area is 190 Å². The van der Waals surface area contributed by atoms with Gasteiger partial charge in [-0.25, -0.2) is 0 Å². The number of hydrogen-bond donors (Lipinski definition) is 1. The zero-order chi connectivity index (χ0) is 23.5. The number of benzene rings is 3. The van der Waals surface area contributed by atoms with Crippen LogP contribution in [0.4, 0.5) is 0 Å². The molecule has 0 atom stereocenters. The highest BCUT2D eigenvalue weighted by Gasteiger charge is 2.39. The zero-order valence-corrected chi connectivity index (χ0v) is 20.3. The number of ether oxygens (including phenoxy) is 1. The summed E-state index contributed by atoms with van der Waals surface area (Å²) in [5.74, 6) is 0.577. The third-order valence-electron chi connectivity index (χ3n) is 5.60. The van der Waals surface area contributed by atoms with Gasteiger partial charge in [-0.05, 0) is 24.8 Å². The average molecular weight is 451 g/mol. The molecule has 3 aromatic carbocycles. The molecule has 0 bridgehead atoms. The summed E-state index contributed by atoms with van der Waals surface area (Å²) >= 11 is 0. The third kappa shape index (κ3) is 4.44. The second-order valence-electron chi connectivity index (χ2n) is 8.98. The van der Waals surface area contributed by atoms with Crippen molar-refractivity contribution < 1.29 is 19.2 Å². The van der Waals surface area contributed by atoms with Gasteiger partial charge in [-0.15, -0.1) is 0 Å². The van der Waals surface area contributed by atoms with Gasteiger partial charge in [-0.1, -0.05) is 87.5 Å². The van der Waals surface area contributed by atoms with E-state index in [1.807, 2.05) is 32.0 Å². The largest absolute Gasteiger partial charge is 0.491 e. The van der Waals surface area contributed by atoms with Crippen molar-refractivity contribution in [1.29, 1.82) is 0 Å². The molecule has 0 fully saturated rings. The number of aryl methyl sites for hydroxylation is 1. The predicted molar refractivity (Wildman–Crippen MR) is 131 cm³/mol. The molecule has 5 heteroatoms. The third-order valence-corrected chi connectivity index (χ3v) is 8.45. The molecule has 32 heavy (non-hydrogen) atoms. The van der Waals surface area contributed by atoms with Crippen LogP contribution in [0.5, 0.6) is 5.75 Å². The monoisotopic (exact) mass is 450 g/mol. The first-order chi connectivity index (χ1) is 15.1. The van der Waals surface area contributed by atoms with Gasteiger partial charge in [-0.2, -0.15) is 0 Å². The van der Waals surface area contributed by atoms with E-state index in [4.69, 9.17) is 4.74 Å². The zero-order valence-electron chi connectivity index (χ0n) is 19.4. The number of rotatable bonds is 7. The minimum absolute atomic E-state index is 0.121. The summed E-state index contributed by atoms with van der Waals surface area (Å²) < 4.78 is 20.5. The molecular formula is C27H31O4P. The van der Waals surface area contributed by atoms with Crippen LogP contribution >= 0.6 is 7.14 Å². The van der Waals surface area contributed by atoms with Gasteiger partial charge in [0.1, 0.15) is 12.4 Å². The lowest BCUT2D eigenvalue weighted by molar-refractivity contribution is 0.107. The summed E-state index contributed by atoms with van der Waals surface area (Å²) in [5, 5.41) is 10.3. The van der Waals surface area contributed by atoms with Crippen molar-refractivity contribution in [3.05, 3.63) is 89.0 Å². The Balaban J connectivity index is 2.29. The molecule has 0 saturated carbocycles. The van der Waals surface area contributed by atoms with Crippen molar-refractivity contribution in [1.82, 2.24) is 0 Å². The fourth-order valence-electron chi connectivity index (χ4n) is 4.00. The lowest BCUT2D eigenvalue weighted by atomic mass is 9.83. The molecule has 0 amide bonds. The molecule has 0 heterocycles. The Kier molecular flexibility index (Phi) is 7.07. The molecule has 4 nitrogen and oxygen atoms in total. The van der Waals surface area contributed by atoms with Crippen LogP contribution in [0.2, 0.25) is 0 Å². The molecule has 0 aromatic heterocycles. The van der Waals surface area contributed by atoms with Gasteiger partial charge in [-0.3, -0.25) is 4.79 Å². The summed E-state index contributed by atoms with van der Waals surface area (Å²) in [5.41, 5.74) is 2.15. The first kappa shape index (κ1) is 24.0. The van der Waals surface area contributed by atoms with Crippen LogP contribution < -0.4 is 15.3 Å². The number of aliphatic hydroxyl groups excluding tert-OH is 1. The van der Waals surface area contributed by atoms with E-state index in [0.717, 1.165) is 11.1 Å². The summed E-state index contributed by atoms with van der Waals surface area (Å²) in [7, 11) is -3.64. The van der Waals surface area contributed by atoms with Crippen LogP contribution in [0.3, 0.4) is 0 Å². The van der Waals surface area contributed by atoms with Gasteiger partial charge < -0.3 is 14.4 Å². The Morgan fingerprint density at radius 2 is 1.44 bits per heavy atom. The molecule has 0 spiro atoms. The van der Waals surface area contributed by atoms with E-state index in [-0.39, 0.29) is 18.6 Å². The van der Waals surface area contributed by atoms with Crippen LogP contribution in [-0.4, -0.2) is 23.8 Å². The smallest absolute Gasteiger partial charge is 0.230 e. The number of hydrogen-bond acceptors (Lipinski definition) is 4. The first-order valence-electron chi connectivity index (χ1n) is 10.8. The van der Waals surface area contributed by atoms with Crippen molar-refractivity contribution in [2.75, 3.05) is 13.2 Å². The van der Waals surface area contributed by atoms with Gasteiger partial charge in [0.25, 0.3) is 0 Å². The molecule has 0 aliphatic rings. The molecule has 0 radical (unpaired) electrons. The average Bonchev–Trinajstić information content (AvgIpc) is 2.78. The Bertz CT molecular complexity index is 1100. The van der Waals surface area contributed by atoms with E-state index in [1.165, 1.54) is 0 Å². The van der Waals surface area contributed by atoms with Crippen molar-refractivity contribution in [3.8, 4) is 5.75 Å². The van der Waals surface area contributed by atoms with Crippen LogP contribution in [0.1, 0.15) is 47.8 Å². The summed E-state index contributed by atoms with van der Waals surface area (Å²) in [6.45, 7) is 9.94. The Hall–Kier alpha value is -2.68. The SMILES string of the molecule is Cc1cc(C(C)(C)C)c(OCCO)c(C)c1C(=O)P(=O)(c1ccccc1)c1ccccc1. The summed E-state index contributed by atoms with van der Waals surface area (Å²) in [6, 6.07) is 19.9. The van der Waals surface area contributed by atoms with Gasteiger partial charge in [0.15, 0.2) is 0 Å². The van der Waals surface area contributed by atoms with Crippen LogP contribution in [0.15, 0.2) is 66.7 Å². The minimum Gasteiger partial charge on any atom is -0.491 e. The van der Waals surface area contributed by atoms with Crippen LogP contribution in [0, 0.1) is 13.8 Å². The molecule has 168 valence electrons. The van der Waals surface area contributed by atoms with Crippen molar-refractivity contribution >= 4 is 23.3 Å². The van der Waals surface area contributed by atoms with Gasteiger partial charge in [0.05, 0.1) is 6.61 Å². The van der Waals surface area contributed by atoms with Crippen LogP contribution in [-0.2, 0) is 9.98 Å². The van der Waals surface area contributed by atoms with E-state index >= 15 is 0 Å². The molecule has 0 unspecified atom stereocenters. The highest BCUT2D eigenvalue weighted by molar-refractivity contribution is 7.93. The molecule has 1 N–H and O–H groups in total. The van der Waals surface area contributed by atoms with E-state index in [2.05, 4.69) is 20.8 Å². The maximum Gasteiger partial charge on any atom is 0.230 e. The van der Waals surface area contributed by atoms with E-state index in [0.29, 0.717) is 27.5 Å². The molecule has 0 aliphatic carbocycles. The number of aliphatic hydroxyl groups is 1. The Morgan fingerprint density at radius 3 is 1.88 bits per heavy atom. The normalized spacial score (nSPS) is 11.9. The van der Waals surface area contributed by atoms with Crippen molar-refractivity contribution in [2.24, 2.45) is 0 Å². The molecule has 0 saturated heterocycles. The number of carbonyl (C=O) groups is 1. The van der Waals surface area contributed by atoms with Crippen molar-refractivity contribution in [2.45, 2.75) is 40.0 Å². The van der Waals surface area contributed by atoms with Gasteiger partial charge in [0.2, 0.25) is 12.7 Å². The Morgan fingerprint density at radius 1 is 0.938 bits per heavy atom. The maximum atomic E-state index is 14.6.